The Hall–Kier alpha value is -1.52. The molecule has 1 aromatic heterocycles. The van der Waals surface area contributed by atoms with Crippen molar-refractivity contribution in [1.29, 1.82) is 0 Å². The summed E-state index contributed by atoms with van der Waals surface area (Å²) in [6, 6.07) is 5.20. The largest absolute Gasteiger partial charge is 0.348 e. The van der Waals surface area contributed by atoms with Crippen LogP contribution in [0.2, 0.25) is 10.0 Å². The highest BCUT2D eigenvalue weighted by Crippen LogP contribution is 2.20. The van der Waals surface area contributed by atoms with Crippen LogP contribution in [0.1, 0.15) is 28.5 Å². The van der Waals surface area contributed by atoms with Gasteiger partial charge < -0.3 is 5.32 Å². The molecule has 0 fully saturated rings. The minimum atomic E-state index is -0.159. The topological polar surface area (TPSA) is 46.9 Å². The van der Waals surface area contributed by atoms with Gasteiger partial charge in [0.15, 0.2) is 0 Å². The summed E-state index contributed by atoms with van der Waals surface area (Å²) in [5.74, 6) is -0.159. The lowest BCUT2D eigenvalue weighted by Crippen LogP contribution is -2.23. The summed E-state index contributed by atoms with van der Waals surface area (Å²) in [5.41, 5.74) is 2.26. The molecule has 1 amide bonds. The van der Waals surface area contributed by atoms with Gasteiger partial charge in [0, 0.05) is 28.8 Å². The van der Waals surface area contributed by atoms with Crippen LogP contribution in [-0.4, -0.2) is 15.7 Å². The maximum absolute atomic E-state index is 12.1. The van der Waals surface area contributed by atoms with Crippen molar-refractivity contribution < 1.29 is 4.79 Å². The number of benzene rings is 1. The number of nitrogens with one attached hydrogen (secondary N) is 1. The number of nitrogens with zero attached hydrogens (tertiary/aromatic N) is 2. The second-order valence-corrected chi connectivity index (χ2v) is 5.22. The number of hydrogen-bond acceptors (Lipinski definition) is 2. The maximum atomic E-state index is 12.1. The fraction of sp³-hybridized carbons (Fsp3) is 0.286. The van der Waals surface area contributed by atoms with Gasteiger partial charge in [-0.25, -0.2) is 0 Å². The van der Waals surface area contributed by atoms with Crippen molar-refractivity contribution in [3.63, 3.8) is 0 Å². The zero-order chi connectivity index (χ0) is 14.7. The highest BCUT2D eigenvalue weighted by atomic mass is 35.5. The highest BCUT2D eigenvalue weighted by molar-refractivity contribution is 6.35. The minimum Gasteiger partial charge on any atom is -0.348 e. The average molecular weight is 312 g/mol. The van der Waals surface area contributed by atoms with Gasteiger partial charge in [-0.05, 0) is 31.5 Å². The second-order valence-electron chi connectivity index (χ2n) is 4.38. The van der Waals surface area contributed by atoms with Crippen molar-refractivity contribution in [2.45, 2.75) is 26.9 Å². The van der Waals surface area contributed by atoms with Gasteiger partial charge in [0.1, 0.15) is 0 Å². The summed E-state index contributed by atoms with van der Waals surface area (Å²) in [7, 11) is 0. The number of halogens is 2. The number of amides is 1. The van der Waals surface area contributed by atoms with Gasteiger partial charge >= 0.3 is 0 Å². The molecule has 0 aliphatic carbocycles. The monoisotopic (exact) mass is 311 g/mol. The van der Waals surface area contributed by atoms with Crippen LogP contribution in [0.25, 0.3) is 0 Å². The molecule has 0 unspecified atom stereocenters. The molecule has 0 aliphatic heterocycles. The molecule has 2 rings (SSSR count). The van der Waals surface area contributed by atoms with Crippen LogP contribution >= 0.6 is 23.2 Å². The molecule has 1 N–H and O–H groups in total. The number of hydrogen-bond donors (Lipinski definition) is 1. The van der Waals surface area contributed by atoms with Gasteiger partial charge in [0.25, 0.3) is 5.91 Å². The van der Waals surface area contributed by atoms with Crippen molar-refractivity contribution in [2.75, 3.05) is 0 Å². The molecule has 0 aliphatic rings. The Balaban J connectivity index is 2.06. The van der Waals surface area contributed by atoms with E-state index in [1.54, 1.807) is 29.1 Å². The molecule has 20 heavy (non-hydrogen) atoms. The fourth-order valence-corrected chi connectivity index (χ4v) is 2.40. The molecule has 1 heterocycles. The van der Waals surface area contributed by atoms with E-state index in [1.165, 1.54) is 0 Å². The molecular weight excluding hydrogens is 297 g/mol. The molecule has 6 heteroatoms. The first-order valence-electron chi connectivity index (χ1n) is 6.27. The standard InChI is InChI=1S/C14H15Cl2N3O/c1-3-19-9(2)12(8-18-19)14(20)17-7-10-4-5-11(15)6-13(10)16/h4-6,8H,3,7H2,1-2H3,(H,17,20). The Labute approximate surface area is 127 Å². The predicted octanol–water partition coefficient (Wildman–Crippen LogP) is 3.45. The molecule has 0 radical (unpaired) electrons. The van der Waals surface area contributed by atoms with Crippen LogP contribution in [0.15, 0.2) is 24.4 Å². The zero-order valence-corrected chi connectivity index (χ0v) is 12.8. The Bertz CT molecular complexity index is 637. The molecule has 4 nitrogen and oxygen atoms in total. The lowest BCUT2D eigenvalue weighted by molar-refractivity contribution is 0.0950. The number of rotatable bonds is 4. The van der Waals surface area contributed by atoms with Gasteiger partial charge in [-0.3, -0.25) is 9.48 Å². The Morgan fingerprint density at radius 1 is 1.40 bits per heavy atom. The SMILES string of the molecule is CCn1ncc(C(=O)NCc2ccc(Cl)cc2Cl)c1C. The van der Waals surface area contributed by atoms with E-state index in [1.807, 2.05) is 13.8 Å². The van der Waals surface area contributed by atoms with E-state index in [-0.39, 0.29) is 5.91 Å². The van der Waals surface area contributed by atoms with Crippen LogP contribution in [0, 0.1) is 6.92 Å². The van der Waals surface area contributed by atoms with Gasteiger partial charge in [0.2, 0.25) is 0 Å². The smallest absolute Gasteiger partial charge is 0.255 e. The average Bonchev–Trinajstić information content (AvgIpc) is 2.78. The second kappa shape index (κ2) is 6.29. The van der Waals surface area contributed by atoms with E-state index in [2.05, 4.69) is 10.4 Å². The van der Waals surface area contributed by atoms with Gasteiger partial charge in [-0.15, -0.1) is 0 Å². The Morgan fingerprint density at radius 3 is 2.75 bits per heavy atom. The molecule has 0 spiro atoms. The van der Waals surface area contributed by atoms with Crippen LogP contribution in [-0.2, 0) is 13.1 Å². The summed E-state index contributed by atoms with van der Waals surface area (Å²) in [5, 5.41) is 8.10. The number of carbonyl (C=O) groups excluding carboxylic acids is 1. The van der Waals surface area contributed by atoms with Crippen LogP contribution in [0.5, 0.6) is 0 Å². The van der Waals surface area contributed by atoms with Crippen LogP contribution < -0.4 is 5.32 Å². The van der Waals surface area contributed by atoms with Gasteiger partial charge in [-0.1, -0.05) is 29.3 Å². The van der Waals surface area contributed by atoms with E-state index < -0.39 is 0 Å². The van der Waals surface area contributed by atoms with Crippen LogP contribution in [0.4, 0.5) is 0 Å². The Morgan fingerprint density at radius 2 is 2.15 bits per heavy atom. The number of aromatic nitrogens is 2. The molecule has 1 aromatic carbocycles. The first kappa shape index (κ1) is 14.9. The first-order valence-corrected chi connectivity index (χ1v) is 7.03. The predicted molar refractivity (Wildman–Crippen MR) is 80.3 cm³/mol. The van der Waals surface area contributed by atoms with Crippen LogP contribution in [0.3, 0.4) is 0 Å². The number of aryl methyl sites for hydroxylation is 1. The van der Waals surface area contributed by atoms with E-state index in [4.69, 9.17) is 23.2 Å². The van der Waals surface area contributed by atoms with Gasteiger partial charge in [0.05, 0.1) is 11.8 Å². The summed E-state index contributed by atoms with van der Waals surface area (Å²) >= 11 is 11.9. The summed E-state index contributed by atoms with van der Waals surface area (Å²) < 4.78 is 1.78. The minimum absolute atomic E-state index is 0.159. The molecule has 0 saturated carbocycles. The quantitative estimate of drug-likeness (QED) is 0.940. The fourth-order valence-electron chi connectivity index (χ4n) is 1.92. The van der Waals surface area contributed by atoms with Crippen molar-refractivity contribution >= 4 is 29.1 Å². The van der Waals surface area contributed by atoms with Crippen molar-refractivity contribution in [3.8, 4) is 0 Å². The summed E-state index contributed by atoms with van der Waals surface area (Å²) in [6.07, 6.45) is 1.58. The van der Waals surface area contributed by atoms with Crippen molar-refractivity contribution in [2.24, 2.45) is 0 Å². The summed E-state index contributed by atoms with van der Waals surface area (Å²) in [6.45, 7) is 4.95. The number of carbonyl (C=O) groups is 1. The molecular formula is C14H15Cl2N3O. The summed E-state index contributed by atoms with van der Waals surface area (Å²) in [4.78, 5) is 12.1. The molecule has 0 bridgehead atoms. The molecule has 106 valence electrons. The van der Waals surface area contributed by atoms with Gasteiger partial charge in [-0.2, -0.15) is 5.10 Å². The molecule has 0 saturated heterocycles. The Kier molecular flexibility index (Phi) is 4.68. The maximum Gasteiger partial charge on any atom is 0.255 e. The van der Waals surface area contributed by atoms with E-state index in [0.29, 0.717) is 22.2 Å². The molecule has 0 atom stereocenters. The zero-order valence-electron chi connectivity index (χ0n) is 11.3. The lowest BCUT2D eigenvalue weighted by atomic mass is 10.2. The third-order valence-electron chi connectivity index (χ3n) is 3.10. The van der Waals surface area contributed by atoms with Crippen molar-refractivity contribution in [1.82, 2.24) is 15.1 Å². The van der Waals surface area contributed by atoms with E-state index in [0.717, 1.165) is 17.8 Å². The highest BCUT2D eigenvalue weighted by Gasteiger charge is 2.13. The third-order valence-corrected chi connectivity index (χ3v) is 3.69. The van der Waals surface area contributed by atoms with E-state index >= 15 is 0 Å². The normalized spacial score (nSPS) is 10.6. The lowest BCUT2D eigenvalue weighted by Gasteiger charge is -2.07. The van der Waals surface area contributed by atoms with E-state index in [9.17, 15) is 4.79 Å². The molecule has 2 aromatic rings. The first-order chi connectivity index (χ1) is 9.52. The third kappa shape index (κ3) is 3.14. The van der Waals surface area contributed by atoms with Crippen molar-refractivity contribution in [3.05, 3.63) is 51.3 Å².